The summed E-state index contributed by atoms with van der Waals surface area (Å²) in [4.78, 5) is 2.62. The average Bonchev–Trinajstić information content (AvgIpc) is 3.38. The lowest BCUT2D eigenvalue weighted by Gasteiger charge is -2.63. The van der Waals surface area contributed by atoms with Crippen LogP contribution in [0.2, 0.25) is 0 Å². The molecule has 0 radical (unpaired) electrons. The quantitative estimate of drug-likeness (QED) is 0.186. The van der Waals surface area contributed by atoms with Gasteiger partial charge in [0.15, 0.2) is 0 Å². The van der Waals surface area contributed by atoms with Crippen LogP contribution in [0.5, 0.6) is 11.5 Å². The predicted molar refractivity (Wildman–Crippen MR) is 218 cm³/mol. The Balaban J connectivity index is 1.18. The van der Waals surface area contributed by atoms with Crippen molar-refractivity contribution in [1.29, 1.82) is 0 Å². The minimum absolute atomic E-state index is 0.00559. The first kappa shape index (κ1) is 32.2. The monoisotopic (exact) mass is 695 g/mol. The Kier molecular flexibility index (Phi) is 6.48. The molecule has 0 unspecified atom stereocenters. The Labute approximate surface area is 316 Å². The van der Waals surface area contributed by atoms with Gasteiger partial charge < -0.3 is 9.64 Å². The molecule has 4 saturated carbocycles. The lowest BCUT2D eigenvalue weighted by molar-refractivity contribution is -0.0452. The number of nitrogens with zero attached hydrogens (tertiary/aromatic N) is 1. The van der Waals surface area contributed by atoms with E-state index in [1.54, 1.807) is 0 Å². The van der Waals surface area contributed by atoms with E-state index in [4.69, 9.17) is 4.74 Å². The predicted octanol–water partition coefficient (Wildman–Crippen LogP) is 13.7. The minimum atomic E-state index is -0.0761. The summed E-state index contributed by atoms with van der Waals surface area (Å²) < 4.78 is 6.91. The van der Waals surface area contributed by atoms with Gasteiger partial charge in [0, 0.05) is 38.9 Å². The van der Waals surface area contributed by atoms with Crippen LogP contribution in [0, 0.1) is 23.7 Å². The Morgan fingerprint density at radius 2 is 1.09 bits per heavy atom. The van der Waals surface area contributed by atoms with Crippen LogP contribution in [0.3, 0.4) is 0 Å². The molecule has 0 aromatic heterocycles. The van der Waals surface area contributed by atoms with Gasteiger partial charge in [0.2, 0.25) is 0 Å². The lowest BCUT2D eigenvalue weighted by atomic mass is 9.42. The van der Waals surface area contributed by atoms with Crippen LogP contribution in [-0.2, 0) is 21.7 Å². The van der Waals surface area contributed by atoms with E-state index < -0.39 is 0 Å². The summed E-state index contributed by atoms with van der Waals surface area (Å²) in [5.74, 6) is 5.24. The molecule has 1 spiro atoms. The molecule has 1 aliphatic heterocycles. The van der Waals surface area contributed by atoms with E-state index in [0.29, 0.717) is 11.8 Å². The number of hydrogen-bond donors (Lipinski definition) is 0. The molecule has 6 aliphatic carbocycles. The second-order valence-electron chi connectivity index (χ2n) is 19.7. The van der Waals surface area contributed by atoms with Gasteiger partial charge in [-0.1, -0.05) is 102 Å². The molecule has 2 nitrogen and oxygen atoms in total. The number of benzene rings is 5. The molecule has 4 bridgehead atoms. The number of para-hydroxylation sites is 1. The molecule has 5 aromatic rings. The molecule has 0 amide bonds. The van der Waals surface area contributed by atoms with Gasteiger partial charge in [-0.15, -0.1) is 0 Å². The average molecular weight is 696 g/mol. The van der Waals surface area contributed by atoms with Crippen molar-refractivity contribution in [3.05, 3.63) is 137 Å². The standard InChI is InChI=1S/C51H53NO/c1-48(2)22-23-49(3,4)42-29-35(18-20-39(42)48)52(44-16-11-15-41-47(44)37-12-7-8-13-38(37)50(41,5)6)36-19-21-46-43(30-36)51(40-14-9-10-17-45(40)53-46)33-25-31-24-32(27-33)28-34(51)26-31/h7-21,29-34H,22-28H2,1-6H3. The first-order chi connectivity index (χ1) is 25.5. The van der Waals surface area contributed by atoms with Crippen molar-refractivity contribution < 1.29 is 4.74 Å². The summed E-state index contributed by atoms with van der Waals surface area (Å²) in [6.07, 6.45) is 9.26. The number of ether oxygens (including phenoxy) is 1. The van der Waals surface area contributed by atoms with Crippen LogP contribution < -0.4 is 9.64 Å². The van der Waals surface area contributed by atoms with Gasteiger partial charge in [-0.3, -0.25) is 0 Å². The molecule has 2 heteroatoms. The first-order valence-electron chi connectivity index (χ1n) is 20.6. The van der Waals surface area contributed by atoms with E-state index in [0.717, 1.165) is 23.3 Å². The SMILES string of the molecule is CC1(C)CCC(C)(C)c2cc(N(c3ccc4c(c3)C3(c5ccccc5O4)C4CC5CC(C4)CC3C5)c3cccc4c3-c3ccccc3C4(C)C)ccc21. The zero-order valence-electron chi connectivity index (χ0n) is 32.4. The van der Waals surface area contributed by atoms with Gasteiger partial charge in [-0.25, -0.2) is 0 Å². The molecule has 268 valence electrons. The maximum Gasteiger partial charge on any atom is 0.131 e. The highest BCUT2D eigenvalue weighted by Gasteiger charge is 2.61. The molecule has 0 saturated heterocycles. The van der Waals surface area contributed by atoms with Crippen molar-refractivity contribution in [2.75, 3.05) is 4.90 Å². The zero-order valence-corrected chi connectivity index (χ0v) is 32.4. The van der Waals surface area contributed by atoms with Crippen LogP contribution >= 0.6 is 0 Å². The highest BCUT2D eigenvalue weighted by molar-refractivity contribution is 5.95. The Hall–Kier alpha value is -4.30. The van der Waals surface area contributed by atoms with Gasteiger partial charge >= 0.3 is 0 Å². The fraction of sp³-hybridized carbons (Fsp3) is 0.412. The summed E-state index contributed by atoms with van der Waals surface area (Å²) in [5.41, 5.74) is 15.4. The van der Waals surface area contributed by atoms with Gasteiger partial charge in [-0.2, -0.15) is 0 Å². The summed E-state index contributed by atoms with van der Waals surface area (Å²) in [7, 11) is 0. The zero-order chi connectivity index (χ0) is 36.1. The Morgan fingerprint density at radius 1 is 0.509 bits per heavy atom. The normalized spacial score (nSPS) is 28.3. The molecule has 0 N–H and O–H groups in total. The van der Waals surface area contributed by atoms with E-state index in [1.807, 2.05) is 0 Å². The number of anilines is 3. The van der Waals surface area contributed by atoms with Crippen molar-refractivity contribution in [2.45, 2.75) is 108 Å². The maximum atomic E-state index is 6.91. The summed E-state index contributed by atoms with van der Waals surface area (Å²) >= 11 is 0. The van der Waals surface area contributed by atoms with Gasteiger partial charge in [0.25, 0.3) is 0 Å². The lowest BCUT2D eigenvalue weighted by Crippen LogP contribution is -2.57. The van der Waals surface area contributed by atoms with Crippen LogP contribution in [0.25, 0.3) is 11.1 Å². The number of rotatable bonds is 3. The van der Waals surface area contributed by atoms with E-state index in [9.17, 15) is 0 Å². The molecule has 12 rings (SSSR count). The van der Waals surface area contributed by atoms with Gasteiger partial charge in [0.1, 0.15) is 11.5 Å². The van der Waals surface area contributed by atoms with E-state index >= 15 is 0 Å². The van der Waals surface area contributed by atoms with Crippen LogP contribution in [0.1, 0.15) is 120 Å². The Morgan fingerprint density at radius 3 is 1.83 bits per heavy atom. The molecule has 5 aromatic carbocycles. The van der Waals surface area contributed by atoms with Gasteiger partial charge in [-0.05, 0) is 150 Å². The molecular formula is C51H53NO. The fourth-order valence-corrected chi connectivity index (χ4v) is 13.1. The number of fused-ring (bicyclic) bond motifs is 6. The second-order valence-corrected chi connectivity index (χ2v) is 19.7. The summed E-state index contributed by atoms with van der Waals surface area (Å²) in [6, 6.07) is 40.0. The van der Waals surface area contributed by atoms with Crippen LogP contribution in [0.4, 0.5) is 17.1 Å². The van der Waals surface area contributed by atoms with Gasteiger partial charge in [0.05, 0.1) is 5.69 Å². The highest BCUT2D eigenvalue weighted by Crippen LogP contribution is 2.69. The van der Waals surface area contributed by atoms with E-state index in [1.165, 1.54) is 107 Å². The third-order valence-electron chi connectivity index (χ3n) is 15.6. The molecule has 7 aliphatic rings. The Bertz CT molecular complexity index is 2310. The largest absolute Gasteiger partial charge is 0.457 e. The summed E-state index contributed by atoms with van der Waals surface area (Å²) in [5, 5.41) is 0. The minimum Gasteiger partial charge on any atom is -0.457 e. The molecule has 53 heavy (non-hydrogen) atoms. The van der Waals surface area contributed by atoms with E-state index in [-0.39, 0.29) is 21.7 Å². The van der Waals surface area contributed by atoms with Crippen molar-refractivity contribution >= 4 is 17.1 Å². The molecule has 0 atom stereocenters. The van der Waals surface area contributed by atoms with Crippen molar-refractivity contribution in [3.8, 4) is 22.6 Å². The molecule has 1 heterocycles. The number of hydrogen-bond acceptors (Lipinski definition) is 2. The summed E-state index contributed by atoms with van der Waals surface area (Å²) in [6.45, 7) is 14.6. The topological polar surface area (TPSA) is 12.5 Å². The first-order valence-corrected chi connectivity index (χ1v) is 20.6. The van der Waals surface area contributed by atoms with Crippen LogP contribution in [-0.4, -0.2) is 0 Å². The van der Waals surface area contributed by atoms with E-state index in [2.05, 4.69) is 150 Å². The smallest absolute Gasteiger partial charge is 0.131 e. The third-order valence-corrected chi connectivity index (χ3v) is 15.6. The molecular weight excluding hydrogens is 643 g/mol. The maximum absolute atomic E-state index is 6.91. The fourth-order valence-electron chi connectivity index (χ4n) is 13.1. The third kappa shape index (κ3) is 4.27. The molecule has 4 fully saturated rings. The van der Waals surface area contributed by atoms with Crippen molar-refractivity contribution in [2.24, 2.45) is 23.7 Å². The highest BCUT2D eigenvalue weighted by atomic mass is 16.5. The van der Waals surface area contributed by atoms with Crippen molar-refractivity contribution in [3.63, 3.8) is 0 Å². The van der Waals surface area contributed by atoms with Crippen molar-refractivity contribution in [1.82, 2.24) is 0 Å². The van der Waals surface area contributed by atoms with Crippen LogP contribution in [0.15, 0.2) is 103 Å². The second kappa shape index (κ2) is 10.7.